The van der Waals surface area contributed by atoms with Crippen molar-refractivity contribution < 1.29 is 13.9 Å². The number of thioether (sulfide) groups is 1. The summed E-state index contributed by atoms with van der Waals surface area (Å²) in [7, 11) is 1.53. The molecule has 2 aromatic rings. The smallest absolute Gasteiger partial charge is 0.259 e. The molecule has 5 rings (SSSR count). The van der Waals surface area contributed by atoms with E-state index in [1.807, 2.05) is 52.8 Å². The van der Waals surface area contributed by atoms with Gasteiger partial charge in [0, 0.05) is 35.1 Å². The maximum atomic E-state index is 14.3. The first kappa shape index (κ1) is 31.7. The number of amides is 1. The fourth-order valence-electron chi connectivity index (χ4n) is 3.89. The lowest BCUT2D eigenvalue weighted by Crippen LogP contribution is -2.34. The van der Waals surface area contributed by atoms with Crippen LogP contribution in [0, 0.1) is 24.7 Å². The van der Waals surface area contributed by atoms with Gasteiger partial charge in [0.1, 0.15) is 11.9 Å². The lowest BCUT2D eigenvalue weighted by Gasteiger charge is -2.25. The molecule has 41 heavy (non-hydrogen) atoms. The number of nitrogens with one attached hydrogen (secondary N) is 3. The largest absolute Gasteiger partial charge is 0.495 e. The summed E-state index contributed by atoms with van der Waals surface area (Å²) in [6.45, 7) is 11.4. The van der Waals surface area contributed by atoms with Gasteiger partial charge < -0.3 is 10.1 Å². The number of aryl methyl sites for hydroxylation is 1. The number of aromatic nitrogens is 2. The zero-order valence-electron chi connectivity index (χ0n) is 24.7. The predicted octanol–water partition coefficient (Wildman–Crippen LogP) is 5.78. The van der Waals surface area contributed by atoms with E-state index in [9.17, 15) is 9.18 Å². The SMILES string of the molecule is CC.CC.COC1=CNC(C(C)F)C=C1c1cc(-c2cccc(C)n2)ncc1C(=O)NC1=NNC(C#CC2CC2)S1. The molecule has 0 bridgehead atoms. The second-order valence-corrected chi connectivity index (χ2v) is 10.1. The molecule has 1 aliphatic carbocycles. The number of rotatable bonds is 5. The third-order valence-electron chi connectivity index (χ3n) is 6.05. The molecule has 0 saturated heterocycles. The van der Waals surface area contributed by atoms with Crippen molar-refractivity contribution in [2.24, 2.45) is 11.0 Å². The number of hydrogen-bond donors (Lipinski definition) is 3. The molecule has 0 spiro atoms. The minimum atomic E-state index is -1.16. The lowest BCUT2D eigenvalue weighted by molar-refractivity contribution is 0.0977. The van der Waals surface area contributed by atoms with Crippen molar-refractivity contribution in [1.29, 1.82) is 0 Å². The summed E-state index contributed by atoms with van der Waals surface area (Å²) in [5.74, 6) is 6.92. The number of halogens is 1. The van der Waals surface area contributed by atoms with Crippen molar-refractivity contribution in [3.63, 3.8) is 0 Å². The molecule has 0 aromatic carbocycles. The number of amidine groups is 1. The Morgan fingerprint density at radius 1 is 1.20 bits per heavy atom. The average molecular weight is 579 g/mol. The van der Waals surface area contributed by atoms with Gasteiger partial charge in [0.15, 0.2) is 10.5 Å². The molecule has 8 nitrogen and oxygen atoms in total. The summed E-state index contributed by atoms with van der Waals surface area (Å²) in [6.07, 6.45) is 5.98. The highest BCUT2D eigenvalue weighted by molar-refractivity contribution is 8.14. The maximum Gasteiger partial charge on any atom is 0.259 e. The Bertz CT molecular complexity index is 1370. The van der Waals surface area contributed by atoms with Crippen LogP contribution in [0.4, 0.5) is 4.39 Å². The van der Waals surface area contributed by atoms with Crippen molar-refractivity contribution in [1.82, 2.24) is 26.0 Å². The molecule has 2 aromatic heterocycles. The second kappa shape index (κ2) is 15.2. The van der Waals surface area contributed by atoms with E-state index >= 15 is 0 Å². The lowest BCUT2D eigenvalue weighted by atomic mass is 9.93. The van der Waals surface area contributed by atoms with E-state index in [2.05, 4.69) is 43.0 Å². The van der Waals surface area contributed by atoms with E-state index in [0.717, 1.165) is 18.5 Å². The Morgan fingerprint density at radius 2 is 1.95 bits per heavy atom. The van der Waals surface area contributed by atoms with Gasteiger partial charge in [-0.3, -0.25) is 25.5 Å². The summed E-state index contributed by atoms with van der Waals surface area (Å²) in [4.78, 5) is 22.6. The van der Waals surface area contributed by atoms with E-state index in [0.29, 0.717) is 44.9 Å². The van der Waals surface area contributed by atoms with Gasteiger partial charge in [-0.05, 0) is 62.7 Å². The molecule has 218 valence electrons. The van der Waals surface area contributed by atoms with Crippen LogP contribution < -0.4 is 16.1 Å². The first-order valence-corrected chi connectivity index (χ1v) is 14.9. The highest BCUT2D eigenvalue weighted by Crippen LogP contribution is 2.32. The molecule has 1 saturated carbocycles. The maximum absolute atomic E-state index is 14.3. The summed E-state index contributed by atoms with van der Waals surface area (Å²) in [6, 6.07) is 6.86. The van der Waals surface area contributed by atoms with Gasteiger partial charge in [0.05, 0.1) is 30.1 Å². The zero-order valence-corrected chi connectivity index (χ0v) is 25.5. The van der Waals surface area contributed by atoms with Crippen LogP contribution >= 0.6 is 11.8 Å². The van der Waals surface area contributed by atoms with Crippen LogP contribution in [0.15, 0.2) is 53.6 Å². The van der Waals surface area contributed by atoms with Crippen molar-refractivity contribution in [3.8, 4) is 23.2 Å². The van der Waals surface area contributed by atoms with Crippen LogP contribution in [0.2, 0.25) is 0 Å². The number of ether oxygens (including phenoxy) is 1. The van der Waals surface area contributed by atoms with Crippen molar-refractivity contribution in [2.75, 3.05) is 7.11 Å². The Labute approximate surface area is 246 Å². The first-order valence-electron chi connectivity index (χ1n) is 14.0. The van der Waals surface area contributed by atoms with E-state index in [4.69, 9.17) is 4.74 Å². The van der Waals surface area contributed by atoms with Crippen LogP contribution in [-0.4, -0.2) is 45.7 Å². The predicted molar refractivity (Wildman–Crippen MR) is 165 cm³/mol. The summed E-state index contributed by atoms with van der Waals surface area (Å²) in [5, 5.41) is 10.3. The monoisotopic (exact) mass is 578 g/mol. The quantitative estimate of drug-likeness (QED) is 0.387. The summed E-state index contributed by atoms with van der Waals surface area (Å²) >= 11 is 1.35. The fraction of sp³-hybridized carbons (Fsp3) is 0.419. The Morgan fingerprint density at radius 3 is 2.61 bits per heavy atom. The van der Waals surface area contributed by atoms with Gasteiger partial charge in [0.2, 0.25) is 0 Å². The van der Waals surface area contributed by atoms with Crippen LogP contribution in [0.3, 0.4) is 0 Å². The summed E-state index contributed by atoms with van der Waals surface area (Å²) < 4.78 is 19.8. The van der Waals surface area contributed by atoms with Gasteiger partial charge in [-0.1, -0.05) is 45.6 Å². The van der Waals surface area contributed by atoms with Crippen LogP contribution in [0.25, 0.3) is 17.0 Å². The number of allylic oxidation sites excluding steroid dienone is 1. The van der Waals surface area contributed by atoms with E-state index in [1.165, 1.54) is 32.0 Å². The van der Waals surface area contributed by atoms with Gasteiger partial charge in [-0.15, -0.1) is 0 Å². The van der Waals surface area contributed by atoms with Crippen molar-refractivity contribution in [2.45, 2.75) is 72.0 Å². The molecule has 0 radical (unpaired) electrons. The fourth-order valence-corrected chi connectivity index (χ4v) is 4.60. The van der Waals surface area contributed by atoms with Crippen LogP contribution in [0.1, 0.15) is 69.1 Å². The Balaban J connectivity index is 0.00000111. The number of hydrazone groups is 1. The van der Waals surface area contributed by atoms with Crippen molar-refractivity contribution >= 4 is 28.4 Å². The number of alkyl halides is 1. The van der Waals surface area contributed by atoms with Crippen LogP contribution in [0.5, 0.6) is 0 Å². The molecule has 1 amide bonds. The molecule has 2 aliphatic heterocycles. The third kappa shape index (κ3) is 8.33. The minimum Gasteiger partial charge on any atom is -0.495 e. The molecule has 3 unspecified atom stereocenters. The number of nitrogens with zero attached hydrogens (tertiary/aromatic N) is 3. The zero-order chi connectivity index (χ0) is 29.9. The average Bonchev–Trinajstić information content (AvgIpc) is 3.74. The molecule has 4 heterocycles. The standard InChI is InChI=1S/C27H27FN6O2S.2C2H6/c1-15-5-4-6-21(31-15)23-11-18(19-12-22(16(2)28)30-14-24(19)36-3)20(13-29-23)26(35)32-27-34-33-25(37-27)10-9-17-7-8-17;2*1-2/h4-6,11-14,16-17,22,25,30,33H,7-8H2,1-3H3,(H,32,34,35);2*1-2H3. The number of methoxy groups -OCH3 is 1. The van der Waals surface area contributed by atoms with E-state index < -0.39 is 18.1 Å². The van der Waals surface area contributed by atoms with Crippen molar-refractivity contribution in [3.05, 3.63) is 65.3 Å². The topological polar surface area (TPSA) is 101 Å². The van der Waals surface area contributed by atoms with E-state index in [1.54, 1.807) is 18.3 Å². The molecule has 10 heteroatoms. The number of carbonyl (C=O) groups is 1. The van der Waals surface area contributed by atoms with Crippen LogP contribution in [-0.2, 0) is 4.74 Å². The molecule has 3 N–H and O–H groups in total. The molecule has 1 fully saturated rings. The highest BCUT2D eigenvalue weighted by Gasteiger charge is 2.27. The normalized spacial score (nSPS) is 19.5. The van der Waals surface area contributed by atoms with Gasteiger partial charge in [-0.25, -0.2) is 4.39 Å². The van der Waals surface area contributed by atoms with Gasteiger partial charge in [0.25, 0.3) is 5.91 Å². The second-order valence-electron chi connectivity index (χ2n) is 9.00. The number of hydrogen-bond acceptors (Lipinski definition) is 8. The molecule has 3 atom stereocenters. The van der Waals surface area contributed by atoms with E-state index in [-0.39, 0.29) is 5.37 Å². The van der Waals surface area contributed by atoms with Gasteiger partial charge in [-0.2, -0.15) is 5.10 Å². The molecule has 3 aliphatic rings. The number of pyridine rings is 2. The molecular formula is C31H39FN6O2S. The number of dihydropyridines is 1. The third-order valence-corrected chi connectivity index (χ3v) is 6.93. The van der Waals surface area contributed by atoms with Gasteiger partial charge >= 0.3 is 0 Å². The number of carbonyl (C=O) groups excluding carboxylic acids is 1. The first-order chi connectivity index (χ1) is 19.9. The molecular weight excluding hydrogens is 539 g/mol. The Kier molecular flexibility index (Phi) is 11.8. The summed E-state index contributed by atoms with van der Waals surface area (Å²) in [5.41, 5.74) is 6.47. The minimum absolute atomic E-state index is 0.203. The highest BCUT2D eigenvalue weighted by atomic mass is 32.2. The Hall–Kier alpha value is -3.84.